The van der Waals surface area contributed by atoms with Gasteiger partial charge >= 0.3 is 5.97 Å². The molecule has 3 N–H and O–H groups in total. The molecule has 2 heterocycles. The van der Waals surface area contributed by atoms with Crippen LogP contribution in [0, 0.1) is 0 Å². The number of benzene rings is 1. The van der Waals surface area contributed by atoms with E-state index in [-0.39, 0.29) is 16.8 Å². The zero-order valence-corrected chi connectivity index (χ0v) is 15.0. The van der Waals surface area contributed by atoms with Gasteiger partial charge in [-0.3, -0.25) is 19.3 Å². The Hall–Kier alpha value is -3.05. The largest absolute Gasteiger partial charge is 0.477 e. The second kappa shape index (κ2) is 6.93. The van der Waals surface area contributed by atoms with Crippen molar-refractivity contribution >= 4 is 27.5 Å². The molecule has 1 aliphatic rings. The van der Waals surface area contributed by atoms with E-state index in [1.807, 2.05) is 0 Å². The molecule has 27 heavy (non-hydrogen) atoms. The maximum absolute atomic E-state index is 12.4. The second-order valence-corrected chi connectivity index (χ2v) is 7.45. The average Bonchev–Trinajstić information content (AvgIpc) is 2.60. The quantitative estimate of drug-likeness (QED) is 0.521. The lowest BCUT2D eigenvalue weighted by molar-refractivity contribution is 0.0693. The van der Waals surface area contributed by atoms with E-state index < -0.39 is 27.2 Å². The Kier molecular flexibility index (Phi) is 4.81. The Morgan fingerprint density at radius 2 is 2.00 bits per heavy atom. The number of carboxylic acid groups (broad SMARTS) is 1. The molecule has 0 radical (unpaired) electrons. The van der Waals surface area contributed by atoms with E-state index >= 15 is 0 Å². The lowest BCUT2D eigenvalue weighted by atomic mass is 10.0. The summed E-state index contributed by atoms with van der Waals surface area (Å²) in [6.45, 7) is 1.80. The number of carbonyl (C=O) groups is 1. The summed E-state index contributed by atoms with van der Waals surface area (Å²) < 4.78 is 32.4. The molecule has 0 saturated heterocycles. The number of aromatic nitrogens is 2. The van der Waals surface area contributed by atoms with Crippen LogP contribution in [0.15, 0.2) is 45.3 Å². The fourth-order valence-corrected chi connectivity index (χ4v) is 3.24. The van der Waals surface area contributed by atoms with E-state index in [2.05, 4.69) is 15.5 Å². The summed E-state index contributed by atoms with van der Waals surface area (Å²) in [7, 11) is -4.28. The summed E-state index contributed by atoms with van der Waals surface area (Å²) >= 11 is 0. The van der Waals surface area contributed by atoms with Gasteiger partial charge in [0, 0.05) is 12.2 Å². The molecule has 142 valence electrons. The first-order chi connectivity index (χ1) is 12.7. The van der Waals surface area contributed by atoms with E-state index in [1.165, 1.54) is 28.8 Å². The molecule has 1 aromatic carbocycles. The van der Waals surface area contributed by atoms with Crippen LogP contribution in [-0.2, 0) is 10.1 Å². The number of nitrogens with one attached hydrogen (secondary N) is 1. The molecule has 3 rings (SSSR count). The van der Waals surface area contributed by atoms with Gasteiger partial charge in [-0.1, -0.05) is 0 Å². The van der Waals surface area contributed by atoms with Crippen LogP contribution in [0.5, 0.6) is 0 Å². The van der Waals surface area contributed by atoms with Crippen LogP contribution in [-0.4, -0.2) is 39.3 Å². The van der Waals surface area contributed by atoms with E-state index in [1.54, 1.807) is 6.92 Å². The monoisotopic (exact) mass is 392 g/mol. The normalized spacial score (nSPS) is 18.1. The highest BCUT2D eigenvalue weighted by molar-refractivity contribution is 7.85. The summed E-state index contributed by atoms with van der Waals surface area (Å²) in [6.07, 6.45) is 2.13. The minimum Gasteiger partial charge on any atom is -0.477 e. The van der Waals surface area contributed by atoms with Gasteiger partial charge in [0.1, 0.15) is 11.3 Å². The molecule has 0 fully saturated rings. The fourth-order valence-electron chi connectivity index (χ4n) is 2.76. The van der Waals surface area contributed by atoms with Gasteiger partial charge in [0.05, 0.1) is 10.6 Å². The molecule has 1 aliphatic heterocycles. The minimum absolute atomic E-state index is 0.215. The zero-order chi connectivity index (χ0) is 19.8. The summed E-state index contributed by atoms with van der Waals surface area (Å²) in [4.78, 5) is 27.4. The zero-order valence-electron chi connectivity index (χ0n) is 14.2. The lowest BCUT2D eigenvalue weighted by Crippen LogP contribution is -2.37. The van der Waals surface area contributed by atoms with Crippen molar-refractivity contribution in [3.05, 3.63) is 52.2 Å². The first-order valence-corrected chi connectivity index (χ1v) is 9.38. The van der Waals surface area contributed by atoms with E-state index in [4.69, 9.17) is 9.66 Å². The molecule has 1 unspecified atom stereocenters. The molecule has 0 saturated carbocycles. The lowest BCUT2D eigenvalue weighted by Gasteiger charge is -2.25. The highest BCUT2D eigenvalue weighted by Gasteiger charge is 2.26. The van der Waals surface area contributed by atoms with Crippen molar-refractivity contribution in [2.45, 2.75) is 30.7 Å². The number of aromatic carboxylic acids is 1. The highest BCUT2D eigenvalue weighted by atomic mass is 32.2. The van der Waals surface area contributed by atoms with Crippen LogP contribution in [0.25, 0.3) is 0 Å². The molecule has 1 aromatic heterocycles. The van der Waals surface area contributed by atoms with Crippen LogP contribution >= 0.6 is 0 Å². The number of hydrogen-bond acceptors (Lipinski definition) is 7. The predicted octanol–water partition coefficient (Wildman–Crippen LogP) is 1.36. The Morgan fingerprint density at radius 1 is 1.33 bits per heavy atom. The van der Waals surface area contributed by atoms with Crippen molar-refractivity contribution in [2.24, 2.45) is 5.10 Å². The molecule has 0 aliphatic carbocycles. The van der Waals surface area contributed by atoms with Crippen molar-refractivity contribution < 1.29 is 22.9 Å². The third-order valence-electron chi connectivity index (χ3n) is 4.19. The van der Waals surface area contributed by atoms with Gasteiger partial charge in [-0.05, 0) is 44.0 Å². The molecule has 0 bridgehead atoms. The van der Waals surface area contributed by atoms with E-state index in [0.29, 0.717) is 24.2 Å². The number of anilines is 1. The van der Waals surface area contributed by atoms with Crippen molar-refractivity contribution in [1.82, 2.24) is 9.55 Å². The SMILES string of the molecule is CC1CC/C(=N\Nc2ccc(S(=O)(=O)O)cc2)c2ncc(C(=O)O)c(=O)n21. The predicted molar refractivity (Wildman–Crippen MR) is 95.8 cm³/mol. The Morgan fingerprint density at radius 3 is 2.59 bits per heavy atom. The Balaban J connectivity index is 1.93. The molecular formula is C16H16N4O6S. The fraction of sp³-hybridized carbons (Fsp3) is 0.250. The standard InChI is InChI=1S/C16H16N4O6S/c1-9-2-7-13(14-17-8-12(16(22)23)15(21)20(9)14)19-18-10-3-5-11(6-4-10)27(24,25)26/h3-6,8-9,18H,2,7H2,1H3,(H,22,23)(H,24,25,26)/b19-13+. The van der Waals surface area contributed by atoms with Crippen molar-refractivity contribution in [2.75, 3.05) is 5.43 Å². The van der Waals surface area contributed by atoms with Gasteiger partial charge in [0.2, 0.25) is 0 Å². The van der Waals surface area contributed by atoms with Crippen molar-refractivity contribution in [1.29, 1.82) is 0 Å². The Labute approximate surface area is 153 Å². The van der Waals surface area contributed by atoms with Gasteiger partial charge in [-0.2, -0.15) is 13.5 Å². The molecule has 10 nitrogen and oxygen atoms in total. The number of hydrogen-bond donors (Lipinski definition) is 3. The molecule has 1 atom stereocenters. The van der Waals surface area contributed by atoms with Crippen molar-refractivity contribution in [3.8, 4) is 0 Å². The molecule has 0 spiro atoms. The van der Waals surface area contributed by atoms with E-state index in [9.17, 15) is 18.0 Å². The van der Waals surface area contributed by atoms with Crippen LogP contribution in [0.2, 0.25) is 0 Å². The van der Waals surface area contributed by atoms with Gasteiger partial charge in [-0.15, -0.1) is 0 Å². The summed E-state index contributed by atoms with van der Waals surface area (Å²) in [5.74, 6) is -1.05. The molecule has 0 amide bonds. The summed E-state index contributed by atoms with van der Waals surface area (Å²) in [6, 6.07) is 5.07. The van der Waals surface area contributed by atoms with Gasteiger partial charge in [-0.25, -0.2) is 9.78 Å². The molecule has 11 heteroatoms. The smallest absolute Gasteiger partial charge is 0.342 e. The molecule has 2 aromatic rings. The minimum atomic E-state index is -4.28. The van der Waals surface area contributed by atoms with Gasteiger partial charge in [0.15, 0.2) is 5.82 Å². The number of hydrazone groups is 1. The number of carboxylic acids is 1. The first-order valence-electron chi connectivity index (χ1n) is 7.94. The van der Waals surface area contributed by atoms with Crippen LogP contribution in [0.3, 0.4) is 0 Å². The maximum Gasteiger partial charge on any atom is 0.342 e. The maximum atomic E-state index is 12.4. The first kappa shape index (κ1) is 18.7. The van der Waals surface area contributed by atoms with Crippen LogP contribution in [0.1, 0.15) is 42.0 Å². The Bertz CT molecular complexity index is 1090. The highest BCUT2D eigenvalue weighted by Crippen LogP contribution is 2.22. The third kappa shape index (κ3) is 3.73. The topological polar surface area (TPSA) is 151 Å². The average molecular weight is 392 g/mol. The third-order valence-corrected chi connectivity index (χ3v) is 5.06. The van der Waals surface area contributed by atoms with Crippen LogP contribution in [0.4, 0.5) is 5.69 Å². The van der Waals surface area contributed by atoms with Crippen molar-refractivity contribution in [3.63, 3.8) is 0 Å². The van der Waals surface area contributed by atoms with Crippen LogP contribution < -0.4 is 11.0 Å². The second-order valence-electron chi connectivity index (χ2n) is 6.03. The number of nitrogens with zero attached hydrogens (tertiary/aromatic N) is 3. The number of fused-ring (bicyclic) bond motifs is 1. The van der Waals surface area contributed by atoms with Gasteiger partial charge < -0.3 is 5.11 Å². The summed E-state index contributed by atoms with van der Waals surface area (Å²) in [5.41, 5.74) is 2.64. The summed E-state index contributed by atoms with van der Waals surface area (Å²) in [5, 5.41) is 13.3. The van der Waals surface area contributed by atoms with E-state index in [0.717, 1.165) is 6.20 Å². The van der Waals surface area contributed by atoms with Gasteiger partial charge in [0.25, 0.3) is 15.7 Å². The molecular weight excluding hydrogens is 376 g/mol. The number of rotatable bonds is 4.